The van der Waals surface area contributed by atoms with Crippen molar-refractivity contribution in [2.45, 2.75) is 37.6 Å². The number of anilines is 3. The van der Waals surface area contributed by atoms with E-state index < -0.39 is 29.5 Å². The molecule has 13 heteroatoms. The number of nitrogens with zero attached hydrogens (tertiary/aromatic N) is 3. The van der Waals surface area contributed by atoms with Crippen LogP contribution in [0, 0.1) is 0 Å². The van der Waals surface area contributed by atoms with Gasteiger partial charge >= 0.3 is 12.1 Å². The van der Waals surface area contributed by atoms with Crippen molar-refractivity contribution in [3.63, 3.8) is 0 Å². The lowest BCUT2D eigenvalue weighted by molar-refractivity contribution is -0.138. The van der Waals surface area contributed by atoms with Gasteiger partial charge in [0, 0.05) is 41.4 Å². The minimum absolute atomic E-state index is 0.0503. The molecule has 1 aromatic heterocycles. The summed E-state index contributed by atoms with van der Waals surface area (Å²) in [5.74, 6) is -0.766. The van der Waals surface area contributed by atoms with Crippen LogP contribution in [0.25, 0.3) is 11.3 Å². The van der Waals surface area contributed by atoms with Crippen molar-refractivity contribution >= 4 is 46.7 Å². The van der Waals surface area contributed by atoms with E-state index in [0.717, 1.165) is 55.7 Å². The molecular weight excluding hydrogens is 631 g/mol. The van der Waals surface area contributed by atoms with E-state index in [9.17, 15) is 27.6 Å². The van der Waals surface area contributed by atoms with E-state index in [1.165, 1.54) is 36.3 Å². The highest BCUT2D eigenvalue weighted by molar-refractivity contribution is 7.98. The van der Waals surface area contributed by atoms with E-state index in [2.05, 4.69) is 25.5 Å². The van der Waals surface area contributed by atoms with Crippen molar-refractivity contribution < 1.29 is 32.7 Å². The maximum absolute atomic E-state index is 13.6. The number of aromatic nitrogens is 2. The average Bonchev–Trinajstić information content (AvgIpc) is 3.07. The molecule has 9 nitrogen and oxygen atoms in total. The number of hydrogen-bond donors (Lipinski definition) is 3. The summed E-state index contributed by atoms with van der Waals surface area (Å²) in [5.41, 5.74) is 2.18. The number of hydrogen-bond acceptors (Lipinski definition) is 7. The zero-order valence-electron chi connectivity index (χ0n) is 25.2. The summed E-state index contributed by atoms with van der Waals surface area (Å²) >= 11 is 1.46. The van der Waals surface area contributed by atoms with Gasteiger partial charge in [0.1, 0.15) is 0 Å². The highest BCUT2D eigenvalue weighted by atomic mass is 32.2. The number of aliphatic carboxylic acids is 1. The van der Waals surface area contributed by atoms with Crippen LogP contribution in [0.2, 0.25) is 0 Å². The van der Waals surface area contributed by atoms with Gasteiger partial charge in [-0.15, -0.1) is 0 Å². The molecule has 1 saturated heterocycles. The molecule has 3 aromatic carbocycles. The number of halogens is 3. The van der Waals surface area contributed by atoms with Crippen molar-refractivity contribution in [2.75, 3.05) is 34.4 Å². The van der Waals surface area contributed by atoms with Crippen LogP contribution in [-0.2, 0) is 16.7 Å². The van der Waals surface area contributed by atoms with E-state index in [1.807, 2.05) is 12.1 Å². The molecule has 1 fully saturated rings. The number of carboxylic acid groups (broad SMARTS) is 1. The summed E-state index contributed by atoms with van der Waals surface area (Å²) in [6.45, 7) is 1.68. The number of piperidine rings is 1. The molecule has 47 heavy (non-hydrogen) atoms. The molecule has 1 aliphatic heterocycles. The first-order valence-electron chi connectivity index (χ1n) is 15.0. The number of alkyl halides is 3. The summed E-state index contributed by atoms with van der Waals surface area (Å²) < 4.78 is 39.5. The molecule has 1 aliphatic rings. The van der Waals surface area contributed by atoms with Gasteiger partial charge in [0.15, 0.2) is 5.82 Å². The Morgan fingerprint density at radius 2 is 1.66 bits per heavy atom. The molecule has 3 N–H and O–H groups in total. The Labute approximate surface area is 273 Å². The molecule has 0 spiro atoms. The summed E-state index contributed by atoms with van der Waals surface area (Å²) in [6.07, 6.45) is 1.28. The Hall–Kier alpha value is -4.91. The summed E-state index contributed by atoms with van der Waals surface area (Å²) in [4.78, 5) is 48.3. The van der Waals surface area contributed by atoms with Gasteiger partial charge in [0.25, 0.3) is 11.8 Å². The zero-order chi connectivity index (χ0) is 33.4. The fourth-order valence-corrected chi connectivity index (χ4v) is 5.98. The lowest BCUT2D eigenvalue weighted by Gasteiger charge is -2.29. The molecule has 0 atom stereocenters. The van der Waals surface area contributed by atoms with E-state index >= 15 is 0 Å². The minimum Gasteiger partial charge on any atom is -0.481 e. The van der Waals surface area contributed by atoms with E-state index in [1.54, 1.807) is 30.3 Å². The van der Waals surface area contributed by atoms with Crippen molar-refractivity contribution in [1.82, 2.24) is 9.97 Å². The number of benzene rings is 3. The first-order chi connectivity index (χ1) is 22.6. The quantitative estimate of drug-likeness (QED) is 0.142. The number of amides is 2. The second kappa shape index (κ2) is 15.1. The summed E-state index contributed by atoms with van der Waals surface area (Å²) in [6, 6.07) is 17.0. The normalized spacial score (nSPS) is 13.2. The van der Waals surface area contributed by atoms with Gasteiger partial charge in [-0.3, -0.25) is 19.4 Å². The predicted molar refractivity (Wildman–Crippen MR) is 176 cm³/mol. The van der Waals surface area contributed by atoms with Crippen LogP contribution in [0.5, 0.6) is 0 Å². The lowest BCUT2D eigenvalue weighted by atomic mass is 10.1. The van der Waals surface area contributed by atoms with Crippen LogP contribution < -0.4 is 15.5 Å². The molecule has 4 aromatic rings. The van der Waals surface area contributed by atoms with Crippen molar-refractivity contribution in [3.8, 4) is 11.3 Å². The molecule has 5 rings (SSSR count). The van der Waals surface area contributed by atoms with Crippen LogP contribution in [0.3, 0.4) is 0 Å². The Balaban J connectivity index is 1.34. The number of rotatable bonds is 11. The predicted octanol–water partition coefficient (Wildman–Crippen LogP) is 7.37. The third-order valence-electron chi connectivity index (χ3n) is 7.51. The second-order valence-electron chi connectivity index (χ2n) is 10.9. The zero-order valence-corrected chi connectivity index (χ0v) is 26.0. The molecule has 2 heterocycles. The van der Waals surface area contributed by atoms with Crippen molar-refractivity contribution in [2.24, 2.45) is 0 Å². The lowest BCUT2D eigenvalue weighted by Crippen LogP contribution is -2.29. The van der Waals surface area contributed by atoms with Gasteiger partial charge in [-0.1, -0.05) is 24.3 Å². The highest BCUT2D eigenvalue weighted by Crippen LogP contribution is 2.32. The third kappa shape index (κ3) is 9.09. The van der Waals surface area contributed by atoms with E-state index in [-0.39, 0.29) is 34.7 Å². The van der Waals surface area contributed by atoms with Crippen LogP contribution in [0.1, 0.15) is 57.5 Å². The van der Waals surface area contributed by atoms with Gasteiger partial charge in [0.2, 0.25) is 0 Å². The first-order valence-corrected chi connectivity index (χ1v) is 16.1. The fraction of sp³-hybridized carbons (Fsp3) is 0.265. The Morgan fingerprint density at radius 3 is 2.38 bits per heavy atom. The van der Waals surface area contributed by atoms with Gasteiger partial charge in [0.05, 0.1) is 41.3 Å². The molecule has 244 valence electrons. The fourth-order valence-electron chi connectivity index (χ4n) is 5.10. The van der Waals surface area contributed by atoms with Crippen LogP contribution in [0.15, 0.2) is 79.1 Å². The van der Waals surface area contributed by atoms with Crippen LogP contribution >= 0.6 is 11.8 Å². The largest absolute Gasteiger partial charge is 0.481 e. The Morgan fingerprint density at radius 1 is 0.872 bits per heavy atom. The Kier molecular flexibility index (Phi) is 10.8. The van der Waals surface area contributed by atoms with Crippen LogP contribution in [0.4, 0.5) is 30.4 Å². The Bertz CT molecular complexity index is 1740. The third-order valence-corrected chi connectivity index (χ3v) is 8.54. The summed E-state index contributed by atoms with van der Waals surface area (Å²) in [5, 5.41) is 14.4. The maximum atomic E-state index is 13.6. The van der Waals surface area contributed by atoms with Crippen molar-refractivity contribution in [1.29, 1.82) is 0 Å². The van der Waals surface area contributed by atoms with Gasteiger partial charge < -0.3 is 20.6 Å². The summed E-state index contributed by atoms with van der Waals surface area (Å²) in [7, 11) is 0. The maximum Gasteiger partial charge on any atom is 0.416 e. The van der Waals surface area contributed by atoms with E-state index in [4.69, 9.17) is 5.11 Å². The number of carboxylic acids is 1. The number of thioether (sulfide) groups is 1. The molecular formula is C34H32F3N5O4S. The molecule has 0 saturated carbocycles. The topological polar surface area (TPSA) is 125 Å². The SMILES string of the molecule is O=C(O)CCSCc1cccc(C(=O)Nc2ccc(N3CCCCC3)cc2C(=O)Nc2cnc(-c3cccc(C(F)(F)F)c3)cn2)c1. The van der Waals surface area contributed by atoms with Gasteiger partial charge in [-0.2, -0.15) is 24.9 Å². The highest BCUT2D eigenvalue weighted by Gasteiger charge is 2.30. The minimum atomic E-state index is -4.50. The molecule has 0 aliphatic carbocycles. The standard InChI is InChI=1S/C34H32F3N5O4S/c35-34(36,37)25-9-5-7-23(17-25)29-19-39-30(20-38-29)41-33(46)27-18-26(42-13-2-1-3-14-42)10-11-28(27)40-32(45)24-8-4-6-22(16-24)21-47-15-12-31(43)44/h4-11,16-20H,1-3,12-15,21H2,(H,40,45)(H,43,44)(H,39,41,46). The molecule has 2 amide bonds. The molecule has 0 radical (unpaired) electrons. The number of nitrogens with one attached hydrogen (secondary N) is 2. The average molecular weight is 664 g/mol. The van der Waals surface area contributed by atoms with Crippen LogP contribution in [-0.4, -0.2) is 51.7 Å². The van der Waals surface area contributed by atoms with Gasteiger partial charge in [-0.05, 0) is 67.3 Å². The number of carbonyl (C=O) groups excluding carboxylic acids is 2. The van der Waals surface area contributed by atoms with E-state index in [0.29, 0.717) is 17.1 Å². The monoisotopic (exact) mass is 663 g/mol. The number of carbonyl (C=O) groups is 3. The van der Waals surface area contributed by atoms with Gasteiger partial charge in [-0.25, -0.2) is 4.98 Å². The van der Waals surface area contributed by atoms with Crippen molar-refractivity contribution in [3.05, 3.63) is 101 Å². The smallest absolute Gasteiger partial charge is 0.416 e. The molecule has 0 bridgehead atoms. The first kappa shape index (κ1) is 33.5. The second-order valence-corrected chi connectivity index (χ2v) is 12.1. The molecule has 0 unspecified atom stereocenters.